The van der Waals surface area contributed by atoms with Crippen molar-refractivity contribution in [2.45, 2.75) is 6.54 Å². The molecule has 0 radical (unpaired) electrons. The molecular weight excluding hydrogens is 307 g/mol. The van der Waals surface area contributed by atoms with Gasteiger partial charge < -0.3 is 5.32 Å². The summed E-state index contributed by atoms with van der Waals surface area (Å²) in [5, 5.41) is 4.63. The molecule has 0 saturated heterocycles. The Morgan fingerprint density at radius 3 is 2.76 bits per heavy atom. The third-order valence-corrected chi connectivity index (χ3v) is 3.61. The molecule has 3 aromatic rings. The van der Waals surface area contributed by atoms with Crippen molar-refractivity contribution in [1.29, 1.82) is 0 Å². The molecule has 0 aliphatic heterocycles. The van der Waals surface area contributed by atoms with E-state index in [9.17, 15) is 0 Å². The zero-order valence-electron chi connectivity index (χ0n) is 11.0. The summed E-state index contributed by atoms with van der Waals surface area (Å²) in [6.45, 7) is 0.589. The third kappa shape index (κ3) is 3.35. The second-order valence-electron chi connectivity index (χ2n) is 4.46. The molecule has 21 heavy (non-hydrogen) atoms. The lowest BCUT2D eigenvalue weighted by Gasteiger charge is -2.09. The minimum Gasteiger partial charge on any atom is -0.380 e. The zero-order chi connectivity index (χ0) is 14.7. The first-order chi connectivity index (χ1) is 10.2. The molecule has 0 fully saturated rings. The van der Waals surface area contributed by atoms with E-state index in [1.165, 1.54) is 0 Å². The van der Waals surface area contributed by atoms with Crippen molar-refractivity contribution in [2.24, 2.45) is 0 Å². The summed E-state index contributed by atoms with van der Waals surface area (Å²) in [6, 6.07) is 9.30. The van der Waals surface area contributed by atoms with Crippen LogP contribution in [0.4, 0.5) is 5.69 Å². The summed E-state index contributed by atoms with van der Waals surface area (Å²) in [7, 11) is 0. The van der Waals surface area contributed by atoms with Gasteiger partial charge in [-0.05, 0) is 35.9 Å². The van der Waals surface area contributed by atoms with E-state index in [-0.39, 0.29) is 0 Å². The number of hydrogen-bond acceptors (Lipinski definition) is 3. The molecule has 2 aromatic heterocycles. The Hall–Kier alpha value is -2.04. The zero-order valence-corrected chi connectivity index (χ0v) is 12.5. The van der Waals surface area contributed by atoms with E-state index in [2.05, 4.69) is 15.3 Å². The Morgan fingerprint density at radius 1 is 1.14 bits per heavy atom. The van der Waals surface area contributed by atoms with Crippen LogP contribution < -0.4 is 5.32 Å². The summed E-state index contributed by atoms with van der Waals surface area (Å²) < 4.78 is 1.84. The van der Waals surface area contributed by atoms with Gasteiger partial charge in [0.1, 0.15) is 12.1 Å². The maximum Gasteiger partial charge on any atom is 0.137 e. The van der Waals surface area contributed by atoms with Gasteiger partial charge in [-0.2, -0.15) is 0 Å². The topological polar surface area (TPSA) is 42.7 Å². The fraction of sp³-hybridized carbons (Fsp3) is 0.0667. The van der Waals surface area contributed by atoms with E-state index in [0.717, 1.165) is 17.1 Å². The van der Waals surface area contributed by atoms with Crippen LogP contribution in [0.5, 0.6) is 0 Å². The highest BCUT2D eigenvalue weighted by Crippen LogP contribution is 2.21. The van der Waals surface area contributed by atoms with Gasteiger partial charge in [-0.3, -0.25) is 4.57 Å². The molecule has 3 rings (SSSR count). The summed E-state index contributed by atoms with van der Waals surface area (Å²) >= 11 is 12.1. The van der Waals surface area contributed by atoms with Crippen molar-refractivity contribution in [1.82, 2.24) is 14.5 Å². The molecular formula is C15H12Cl2N4. The van der Waals surface area contributed by atoms with E-state index in [4.69, 9.17) is 23.2 Å². The van der Waals surface area contributed by atoms with E-state index in [1.54, 1.807) is 30.9 Å². The molecule has 1 N–H and O–H groups in total. The third-order valence-electron chi connectivity index (χ3n) is 3.01. The summed E-state index contributed by atoms with van der Waals surface area (Å²) in [5.41, 5.74) is 1.86. The molecule has 106 valence electrons. The van der Waals surface area contributed by atoms with Crippen molar-refractivity contribution in [3.8, 4) is 5.82 Å². The number of anilines is 1. The van der Waals surface area contributed by atoms with Gasteiger partial charge in [-0.15, -0.1) is 0 Å². The van der Waals surface area contributed by atoms with E-state index >= 15 is 0 Å². The average molecular weight is 319 g/mol. The number of pyridine rings is 1. The van der Waals surface area contributed by atoms with Crippen molar-refractivity contribution >= 4 is 28.9 Å². The molecule has 2 heterocycles. The highest BCUT2D eigenvalue weighted by molar-refractivity contribution is 6.33. The minimum absolute atomic E-state index is 0.589. The molecule has 4 nitrogen and oxygen atoms in total. The van der Waals surface area contributed by atoms with E-state index < -0.39 is 0 Å². The smallest absolute Gasteiger partial charge is 0.137 e. The lowest BCUT2D eigenvalue weighted by Crippen LogP contribution is -2.01. The summed E-state index contributed by atoms with van der Waals surface area (Å²) in [5.74, 6) is 0.818. The maximum absolute atomic E-state index is 6.13. The monoisotopic (exact) mass is 318 g/mol. The summed E-state index contributed by atoms with van der Waals surface area (Å²) in [6.07, 6.45) is 7.05. The first-order valence-corrected chi connectivity index (χ1v) is 7.10. The lowest BCUT2D eigenvalue weighted by molar-refractivity contribution is 0.990. The Bertz CT molecular complexity index is 724. The minimum atomic E-state index is 0.589. The number of imidazole rings is 1. The van der Waals surface area contributed by atoms with Gasteiger partial charge in [-0.1, -0.05) is 23.2 Å². The first kappa shape index (κ1) is 13.9. The molecule has 6 heteroatoms. The highest BCUT2D eigenvalue weighted by Gasteiger charge is 2.02. The predicted octanol–water partition coefficient (Wildman–Crippen LogP) is 4.19. The van der Waals surface area contributed by atoms with Crippen LogP contribution in [0.1, 0.15) is 5.56 Å². The van der Waals surface area contributed by atoms with Crippen molar-refractivity contribution in [3.63, 3.8) is 0 Å². The molecule has 0 amide bonds. The number of benzene rings is 1. The van der Waals surface area contributed by atoms with E-state index in [0.29, 0.717) is 16.6 Å². The molecule has 0 aliphatic rings. The van der Waals surface area contributed by atoms with Crippen molar-refractivity contribution < 1.29 is 0 Å². The maximum atomic E-state index is 6.13. The van der Waals surface area contributed by atoms with Gasteiger partial charge in [0, 0.05) is 29.0 Å². The van der Waals surface area contributed by atoms with Crippen LogP contribution in [0.15, 0.2) is 55.2 Å². The number of nitrogens with zero attached hydrogens (tertiary/aromatic N) is 3. The normalized spacial score (nSPS) is 10.6. The van der Waals surface area contributed by atoms with Crippen molar-refractivity contribution in [2.75, 3.05) is 5.32 Å². The summed E-state index contributed by atoms with van der Waals surface area (Å²) in [4.78, 5) is 8.37. The second-order valence-corrected chi connectivity index (χ2v) is 5.31. The lowest BCUT2D eigenvalue weighted by atomic mass is 10.2. The quantitative estimate of drug-likeness (QED) is 0.784. The molecule has 0 aliphatic carbocycles. The van der Waals surface area contributed by atoms with Crippen molar-refractivity contribution in [3.05, 3.63) is 70.9 Å². The Balaban J connectivity index is 1.70. The fourth-order valence-electron chi connectivity index (χ4n) is 1.91. The van der Waals surface area contributed by atoms with Crippen LogP contribution in [0.2, 0.25) is 10.0 Å². The largest absolute Gasteiger partial charge is 0.380 e. The standard InChI is InChI=1S/C15H12Cl2N4/c16-12-1-3-14(17)11(7-12)8-19-13-2-4-15(20-9-13)21-6-5-18-10-21/h1-7,9-10,19H,8H2. The van der Waals surface area contributed by atoms with Gasteiger partial charge >= 0.3 is 0 Å². The van der Waals surface area contributed by atoms with E-state index in [1.807, 2.05) is 29.0 Å². The highest BCUT2D eigenvalue weighted by atomic mass is 35.5. The number of nitrogens with one attached hydrogen (secondary N) is 1. The van der Waals surface area contributed by atoms with Gasteiger partial charge in [0.2, 0.25) is 0 Å². The van der Waals surface area contributed by atoms with Crippen LogP contribution in [-0.2, 0) is 6.54 Å². The van der Waals surface area contributed by atoms with Crippen LogP contribution in [0.25, 0.3) is 5.82 Å². The van der Waals surface area contributed by atoms with Crippen LogP contribution in [0.3, 0.4) is 0 Å². The molecule has 0 unspecified atom stereocenters. The molecule has 0 atom stereocenters. The van der Waals surface area contributed by atoms with Crippen LogP contribution in [0, 0.1) is 0 Å². The Morgan fingerprint density at radius 2 is 2.05 bits per heavy atom. The fourth-order valence-corrected chi connectivity index (χ4v) is 2.29. The number of halogens is 2. The Labute approximate surface area is 132 Å². The number of aromatic nitrogens is 3. The second kappa shape index (κ2) is 6.16. The first-order valence-electron chi connectivity index (χ1n) is 6.34. The Kier molecular flexibility index (Phi) is 4.08. The molecule has 0 saturated carbocycles. The number of rotatable bonds is 4. The molecule has 1 aromatic carbocycles. The molecule has 0 spiro atoms. The van der Waals surface area contributed by atoms with Gasteiger partial charge in [0.25, 0.3) is 0 Å². The van der Waals surface area contributed by atoms with Gasteiger partial charge in [-0.25, -0.2) is 9.97 Å². The SMILES string of the molecule is Clc1ccc(Cl)c(CNc2ccc(-n3ccnc3)nc2)c1. The van der Waals surface area contributed by atoms with Crippen LogP contribution >= 0.6 is 23.2 Å². The van der Waals surface area contributed by atoms with Gasteiger partial charge in [0.05, 0.1) is 11.9 Å². The average Bonchev–Trinajstić information content (AvgIpc) is 3.03. The number of hydrogen-bond donors (Lipinski definition) is 1. The van der Waals surface area contributed by atoms with Crippen LogP contribution in [-0.4, -0.2) is 14.5 Å². The predicted molar refractivity (Wildman–Crippen MR) is 85.1 cm³/mol. The molecule has 0 bridgehead atoms. The van der Waals surface area contributed by atoms with Gasteiger partial charge in [0.15, 0.2) is 0 Å².